The van der Waals surface area contributed by atoms with Crippen molar-refractivity contribution < 1.29 is 0 Å². The fourth-order valence-electron chi connectivity index (χ4n) is 3.24. The minimum absolute atomic E-state index is 0.472. The first-order valence-corrected chi connectivity index (χ1v) is 8.07. The number of nitrogens with two attached hydrogens (primary N) is 1. The third-order valence-electron chi connectivity index (χ3n) is 4.41. The van der Waals surface area contributed by atoms with Crippen molar-refractivity contribution in [3.63, 3.8) is 0 Å². The minimum Gasteiger partial charge on any atom is -0.330 e. The summed E-state index contributed by atoms with van der Waals surface area (Å²) >= 11 is 6.43. The molecule has 2 rings (SSSR count). The van der Waals surface area contributed by atoms with Crippen LogP contribution in [0.3, 0.4) is 0 Å². The molecule has 2 atom stereocenters. The Bertz CT molecular complexity index is 416. The van der Waals surface area contributed by atoms with Crippen LogP contribution in [-0.4, -0.2) is 41.9 Å². The van der Waals surface area contributed by atoms with Gasteiger partial charge in [0, 0.05) is 12.5 Å². The van der Waals surface area contributed by atoms with Gasteiger partial charge in [-0.2, -0.15) is 5.10 Å². The van der Waals surface area contributed by atoms with Gasteiger partial charge >= 0.3 is 0 Å². The highest BCUT2D eigenvalue weighted by atomic mass is 35.5. The van der Waals surface area contributed by atoms with Crippen LogP contribution < -0.4 is 5.73 Å². The number of hydrogen-bond donors (Lipinski definition) is 1. The zero-order valence-electron chi connectivity index (χ0n) is 12.7. The van der Waals surface area contributed by atoms with Gasteiger partial charge in [-0.3, -0.25) is 4.68 Å². The summed E-state index contributed by atoms with van der Waals surface area (Å²) in [7, 11) is 4.16. The molecule has 0 amide bonds. The van der Waals surface area contributed by atoms with E-state index in [1.165, 1.54) is 37.8 Å². The van der Waals surface area contributed by atoms with E-state index in [1.807, 2.05) is 0 Å². The van der Waals surface area contributed by atoms with Crippen LogP contribution in [0.5, 0.6) is 0 Å². The summed E-state index contributed by atoms with van der Waals surface area (Å²) in [6.07, 6.45) is 8.09. The quantitative estimate of drug-likeness (QED) is 0.850. The zero-order chi connectivity index (χ0) is 14.5. The fraction of sp³-hybridized carbons (Fsp3) is 0.800. The number of likely N-dealkylation sites (N-methyl/N-ethyl adjacent to an activating group) is 1. The Labute approximate surface area is 127 Å². The summed E-state index contributed by atoms with van der Waals surface area (Å²) in [5, 5.41) is 5.29. The van der Waals surface area contributed by atoms with Gasteiger partial charge in [0.2, 0.25) is 0 Å². The highest BCUT2D eigenvalue weighted by molar-refractivity contribution is 6.31. The molecule has 1 fully saturated rings. The number of hydrogen-bond acceptors (Lipinski definition) is 3. The summed E-state index contributed by atoms with van der Waals surface area (Å²) in [5.41, 5.74) is 7.22. The molecule has 1 heterocycles. The van der Waals surface area contributed by atoms with E-state index < -0.39 is 0 Å². The van der Waals surface area contributed by atoms with Gasteiger partial charge in [0.1, 0.15) is 0 Å². The first-order chi connectivity index (χ1) is 9.63. The highest BCUT2D eigenvalue weighted by Gasteiger charge is 2.28. The van der Waals surface area contributed by atoms with Gasteiger partial charge in [-0.25, -0.2) is 0 Å². The SMILES string of the molecule is CN(C)CCn1ncc(Cl)c1C1CCCCCC1CN. The summed E-state index contributed by atoms with van der Waals surface area (Å²) in [5.74, 6) is 1.02. The molecular weight excluding hydrogens is 272 g/mol. The van der Waals surface area contributed by atoms with Crippen LogP contribution in [0.25, 0.3) is 0 Å². The first kappa shape index (κ1) is 15.8. The number of nitrogens with zero attached hydrogens (tertiary/aromatic N) is 3. The van der Waals surface area contributed by atoms with Gasteiger partial charge in [-0.1, -0.05) is 30.9 Å². The molecule has 0 aliphatic heterocycles. The van der Waals surface area contributed by atoms with Crippen LogP contribution in [-0.2, 0) is 6.54 Å². The lowest BCUT2D eigenvalue weighted by Gasteiger charge is -2.25. The summed E-state index contributed by atoms with van der Waals surface area (Å²) < 4.78 is 2.10. The Morgan fingerprint density at radius 1 is 1.35 bits per heavy atom. The van der Waals surface area contributed by atoms with Crippen molar-refractivity contribution in [3.05, 3.63) is 16.9 Å². The molecule has 0 spiro atoms. The maximum atomic E-state index is 6.43. The van der Waals surface area contributed by atoms with E-state index in [0.717, 1.165) is 24.7 Å². The molecule has 2 unspecified atom stereocenters. The normalized spacial score (nSPS) is 24.1. The summed E-state index contributed by atoms with van der Waals surface area (Å²) in [6, 6.07) is 0. The van der Waals surface area contributed by atoms with Crippen molar-refractivity contribution >= 4 is 11.6 Å². The first-order valence-electron chi connectivity index (χ1n) is 7.69. The van der Waals surface area contributed by atoms with E-state index in [4.69, 9.17) is 17.3 Å². The molecule has 1 saturated carbocycles. The predicted molar refractivity (Wildman–Crippen MR) is 84.2 cm³/mol. The minimum atomic E-state index is 0.472. The van der Waals surface area contributed by atoms with E-state index in [9.17, 15) is 0 Å². The van der Waals surface area contributed by atoms with Gasteiger partial charge in [-0.15, -0.1) is 0 Å². The van der Waals surface area contributed by atoms with Gasteiger partial charge in [0.25, 0.3) is 0 Å². The van der Waals surface area contributed by atoms with Crippen molar-refractivity contribution in [2.45, 2.75) is 44.6 Å². The van der Waals surface area contributed by atoms with E-state index in [0.29, 0.717) is 11.8 Å². The standard InChI is InChI=1S/C15H27ClN4/c1-19(2)8-9-20-15(14(16)11-18-20)13-7-5-3-4-6-12(13)10-17/h11-13H,3-10,17H2,1-2H3. The van der Waals surface area contributed by atoms with Gasteiger partial charge in [-0.05, 0) is 39.4 Å². The molecule has 5 heteroatoms. The largest absolute Gasteiger partial charge is 0.330 e. The molecule has 20 heavy (non-hydrogen) atoms. The highest BCUT2D eigenvalue weighted by Crippen LogP contribution is 2.38. The molecule has 1 aliphatic rings. The predicted octanol–water partition coefficient (Wildman–Crippen LogP) is 2.72. The maximum absolute atomic E-state index is 6.43. The number of aromatic nitrogens is 2. The molecule has 114 valence electrons. The van der Waals surface area contributed by atoms with Crippen molar-refractivity contribution in [2.75, 3.05) is 27.2 Å². The second-order valence-electron chi connectivity index (χ2n) is 6.14. The van der Waals surface area contributed by atoms with Crippen molar-refractivity contribution in [2.24, 2.45) is 11.7 Å². The lowest BCUT2D eigenvalue weighted by atomic mass is 9.85. The molecule has 0 saturated heterocycles. The van der Waals surface area contributed by atoms with Crippen molar-refractivity contribution in [1.29, 1.82) is 0 Å². The summed E-state index contributed by atoms with van der Waals surface area (Å²) in [4.78, 5) is 2.17. The van der Waals surface area contributed by atoms with Gasteiger partial charge in [0.05, 0.1) is 23.5 Å². The second-order valence-corrected chi connectivity index (χ2v) is 6.55. The molecule has 2 N–H and O–H groups in total. The van der Waals surface area contributed by atoms with Crippen LogP contribution in [0.1, 0.15) is 43.7 Å². The van der Waals surface area contributed by atoms with Gasteiger partial charge < -0.3 is 10.6 Å². The Hall–Kier alpha value is -0.580. The third kappa shape index (κ3) is 3.74. The molecule has 0 bridgehead atoms. The number of halogens is 1. The Morgan fingerprint density at radius 3 is 2.80 bits per heavy atom. The van der Waals surface area contributed by atoms with Crippen molar-refractivity contribution in [3.8, 4) is 0 Å². The topological polar surface area (TPSA) is 47.1 Å². The molecule has 1 aromatic heterocycles. The molecule has 0 aromatic carbocycles. The lowest BCUT2D eigenvalue weighted by molar-refractivity contribution is 0.346. The Kier molecular flexibility index (Phi) is 5.87. The monoisotopic (exact) mass is 298 g/mol. The van der Waals surface area contributed by atoms with E-state index in [-0.39, 0.29) is 0 Å². The average Bonchev–Trinajstić information content (AvgIpc) is 2.63. The van der Waals surface area contributed by atoms with Crippen LogP contribution in [0.15, 0.2) is 6.20 Å². The zero-order valence-corrected chi connectivity index (χ0v) is 13.4. The molecule has 4 nitrogen and oxygen atoms in total. The van der Waals surface area contributed by atoms with Crippen LogP contribution in [0.2, 0.25) is 5.02 Å². The van der Waals surface area contributed by atoms with E-state index >= 15 is 0 Å². The second kappa shape index (κ2) is 7.43. The smallest absolute Gasteiger partial charge is 0.0820 e. The fourth-order valence-corrected chi connectivity index (χ4v) is 3.52. The Morgan fingerprint density at radius 2 is 2.10 bits per heavy atom. The van der Waals surface area contributed by atoms with E-state index in [1.54, 1.807) is 6.20 Å². The van der Waals surface area contributed by atoms with Gasteiger partial charge in [0.15, 0.2) is 0 Å². The molecule has 1 aromatic rings. The third-order valence-corrected chi connectivity index (χ3v) is 4.70. The number of rotatable bonds is 5. The lowest BCUT2D eigenvalue weighted by Crippen LogP contribution is -2.26. The molecular formula is C15H27ClN4. The maximum Gasteiger partial charge on any atom is 0.0820 e. The van der Waals surface area contributed by atoms with E-state index in [2.05, 4.69) is 28.8 Å². The Balaban J connectivity index is 2.22. The van der Waals surface area contributed by atoms with Crippen LogP contribution in [0.4, 0.5) is 0 Å². The van der Waals surface area contributed by atoms with Crippen LogP contribution >= 0.6 is 11.6 Å². The van der Waals surface area contributed by atoms with Crippen molar-refractivity contribution in [1.82, 2.24) is 14.7 Å². The average molecular weight is 299 g/mol. The molecule has 0 radical (unpaired) electrons. The summed E-state index contributed by atoms with van der Waals surface area (Å²) in [6.45, 7) is 2.62. The van der Waals surface area contributed by atoms with Crippen LogP contribution in [0, 0.1) is 5.92 Å². The molecule has 1 aliphatic carbocycles.